The first kappa shape index (κ1) is 18.7. The molecule has 1 fully saturated rings. The van der Waals surface area contributed by atoms with E-state index in [0.29, 0.717) is 30.8 Å². The fourth-order valence-electron chi connectivity index (χ4n) is 3.21. The van der Waals surface area contributed by atoms with Gasteiger partial charge in [-0.15, -0.1) is 0 Å². The summed E-state index contributed by atoms with van der Waals surface area (Å²) in [6, 6.07) is 8.97. The highest BCUT2D eigenvalue weighted by molar-refractivity contribution is 5.95. The maximum atomic E-state index is 12.8. The smallest absolute Gasteiger partial charge is 0.354 e. The van der Waals surface area contributed by atoms with Crippen LogP contribution < -0.4 is 5.32 Å². The molecule has 7 heteroatoms. The molecule has 0 spiro atoms. The Hall–Kier alpha value is -3.09. The summed E-state index contributed by atoms with van der Waals surface area (Å²) in [5.74, 6) is -0.513. The van der Waals surface area contributed by atoms with Crippen molar-refractivity contribution in [2.24, 2.45) is 7.05 Å². The number of methoxy groups -OCH3 is 1. The number of esters is 1. The van der Waals surface area contributed by atoms with E-state index in [2.05, 4.69) is 5.32 Å². The van der Waals surface area contributed by atoms with Gasteiger partial charge in [0, 0.05) is 49.9 Å². The van der Waals surface area contributed by atoms with Crippen LogP contribution in [0.1, 0.15) is 34.2 Å². The second kappa shape index (κ2) is 7.65. The fraction of sp³-hybridized carbons (Fsp3) is 0.350. The Morgan fingerprint density at radius 3 is 2.56 bits per heavy atom. The molecule has 2 aromatic rings. The average molecular weight is 369 g/mol. The average Bonchev–Trinajstić information content (AvgIpc) is 2.98. The first-order valence-electron chi connectivity index (χ1n) is 8.83. The Kier molecular flexibility index (Phi) is 5.30. The lowest BCUT2D eigenvalue weighted by atomic mass is 10.1. The van der Waals surface area contributed by atoms with Gasteiger partial charge in [0.15, 0.2) is 0 Å². The number of rotatable bonds is 3. The summed E-state index contributed by atoms with van der Waals surface area (Å²) in [6.07, 6.45) is 2.16. The molecule has 142 valence electrons. The highest BCUT2D eigenvalue weighted by Crippen LogP contribution is 2.23. The van der Waals surface area contributed by atoms with E-state index in [0.717, 1.165) is 11.1 Å². The van der Waals surface area contributed by atoms with Crippen LogP contribution >= 0.6 is 0 Å². The maximum Gasteiger partial charge on any atom is 0.354 e. The number of carbonyl (C=O) groups excluding carboxylic acids is 3. The summed E-state index contributed by atoms with van der Waals surface area (Å²) in [7, 11) is 3.13. The first-order chi connectivity index (χ1) is 12.9. The summed E-state index contributed by atoms with van der Waals surface area (Å²) in [5.41, 5.74) is 2.81. The van der Waals surface area contributed by atoms with Crippen LogP contribution in [0.3, 0.4) is 0 Å². The van der Waals surface area contributed by atoms with Crippen molar-refractivity contribution in [1.29, 1.82) is 0 Å². The van der Waals surface area contributed by atoms with Crippen LogP contribution in [-0.4, -0.2) is 53.5 Å². The number of amides is 2. The van der Waals surface area contributed by atoms with Crippen LogP contribution in [-0.2, 0) is 16.6 Å². The van der Waals surface area contributed by atoms with Gasteiger partial charge in [-0.1, -0.05) is 12.1 Å². The molecule has 1 aliphatic rings. The molecule has 1 saturated heterocycles. The molecule has 2 amide bonds. The van der Waals surface area contributed by atoms with Crippen LogP contribution in [0, 0.1) is 0 Å². The van der Waals surface area contributed by atoms with Crippen molar-refractivity contribution in [1.82, 2.24) is 14.8 Å². The third-order valence-electron chi connectivity index (χ3n) is 4.83. The minimum Gasteiger partial charge on any atom is -0.464 e. The number of nitrogens with zero attached hydrogens (tertiary/aromatic N) is 2. The van der Waals surface area contributed by atoms with Gasteiger partial charge in [-0.25, -0.2) is 4.79 Å². The summed E-state index contributed by atoms with van der Waals surface area (Å²) in [6.45, 7) is 2.80. The number of benzene rings is 1. The molecule has 0 aliphatic carbocycles. The number of ether oxygens (including phenoxy) is 1. The van der Waals surface area contributed by atoms with Crippen LogP contribution in [0.15, 0.2) is 36.5 Å². The minimum atomic E-state index is -0.395. The number of hydrogen-bond donors (Lipinski definition) is 1. The van der Waals surface area contributed by atoms with Crippen LogP contribution in [0.2, 0.25) is 0 Å². The molecular weight excluding hydrogens is 346 g/mol. The highest BCUT2D eigenvalue weighted by Gasteiger charge is 2.25. The monoisotopic (exact) mass is 369 g/mol. The molecular formula is C20H23N3O4. The second-order valence-electron chi connectivity index (χ2n) is 6.70. The molecule has 1 aromatic carbocycles. The standard InChI is InChI=1S/C20H23N3O4/c1-13-11-21-18(24)8-9-23(13)19(25)15-6-4-14(5-7-15)16-10-17(20(26)27-3)22(2)12-16/h4-7,10,12-13H,8-9,11H2,1-3H3,(H,21,24). The zero-order chi connectivity index (χ0) is 19.6. The van der Waals surface area contributed by atoms with Gasteiger partial charge in [-0.05, 0) is 30.7 Å². The Balaban J connectivity index is 1.80. The quantitative estimate of drug-likeness (QED) is 0.837. The predicted octanol–water partition coefficient (Wildman–Crippen LogP) is 1.83. The lowest BCUT2D eigenvalue weighted by Gasteiger charge is -2.26. The van der Waals surface area contributed by atoms with Gasteiger partial charge in [0.05, 0.1) is 7.11 Å². The molecule has 3 rings (SSSR count). The normalized spacial score (nSPS) is 17.2. The molecule has 0 radical (unpaired) electrons. The van der Waals surface area contributed by atoms with Crippen molar-refractivity contribution in [2.45, 2.75) is 19.4 Å². The molecule has 1 unspecified atom stereocenters. The number of hydrogen-bond acceptors (Lipinski definition) is 4. The summed E-state index contributed by atoms with van der Waals surface area (Å²) in [4.78, 5) is 37.9. The van der Waals surface area contributed by atoms with Gasteiger partial charge < -0.3 is 19.5 Å². The summed E-state index contributed by atoms with van der Waals surface area (Å²) < 4.78 is 6.48. The Morgan fingerprint density at radius 2 is 1.89 bits per heavy atom. The van der Waals surface area contributed by atoms with Crippen molar-refractivity contribution in [2.75, 3.05) is 20.2 Å². The van der Waals surface area contributed by atoms with Crippen molar-refractivity contribution in [3.05, 3.63) is 47.8 Å². The van der Waals surface area contributed by atoms with Gasteiger partial charge >= 0.3 is 5.97 Å². The van der Waals surface area contributed by atoms with E-state index < -0.39 is 5.97 Å². The molecule has 1 aromatic heterocycles. The van der Waals surface area contributed by atoms with E-state index >= 15 is 0 Å². The summed E-state index contributed by atoms with van der Waals surface area (Å²) >= 11 is 0. The molecule has 0 saturated carbocycles. The predicted molar refractivity (Wildman–Crippen MR) is 100 cm³/mol. The number of nitrogens with one attached hydrogen (secondary N) is 1. The zero-order valence-electron chi connectivity index (χ0n) is 15.7. The third kappa shape index (κ3) is 3.86. The topological polar surface area (TPSA) is 80.6 Å². The number of carbonyl (C=O) groups is 3. The highest BCUT2D eigenvalue weighted by atomic mass is 16.5. The van der Waals surface area contributed by atoms with Crippen LogP contribution in [0.25, 0.3) is 11.1 Å². The van der Waals surface area contributed by atoms with Gasteiger partial charge in [-0.2, -0.15) is 0 Å². The minimum absolute atomic E-state index is 0.0296. The Bertz CT molecular complexity index is 870. The summed E-state index contributed by atoms with van der Waals surface area (Å²) in [5, 5.41) is 2.81. The largest absolute Gasteiger partial charge is 0.464 e. The van der Waals surface area contributed by atoms with E-state index in [1.165, 1.54) is 7.11 Å². The van der Waals surface area contributed by atoms with Crippen molar-refractivity contribution < 1.29 is 19.1 Å². The molecule has 27 heavy (non-hydrogen) atoms. The van der Waals surface area contributed by atoms with Crippen molar-refractivity contribution >= 4 is 17.8 Å². The molecule has 1 atom stereocenters. The Morgan fingerprint density at radius 1 is 1.19 bits per heavy atom. The van der Waals surface area contributed by atoms with E-state index in [9.17, 15) is 14.4 Å². The molecule has 1 aliphatic heterocycles. The van der Waals surface area contributed by atoms with E-state index in [4.69, 9.17) is 4.74 Å². The number of aryl methyl sites for hydroxylation is 1. The molecule has 0 bridgehead atoms. The van der Waals surface area contributed by atoms with Gasteiger partial charge in [-0.3, -0.25) is 9.59 Å². The van der Waals surface area contributed by atoms with Gasteiger partial charge in [0.2, 0.25) is 5.91 Å². The lowest BCUT2D eigenvalue weighted by Crippen LogP contribution is -2.41. The van der Waals surface area contributed by atoms with Gasteiger partial charge in [0.25, 0.3) is 5.91 Å². The second-order valence-corrected chi connectivity index (χ2v) is 6.70. The Labute approximate surface area is 157 Å². The fourth-order valence-corrected chi connectivity index (χ4v) is 3.21. The lowest BCUT2D eigenvalue weighted by molar-refractivity contribution is -0.120. The van der Waals surface area contributed by atoms with Gasteiger partial charge in [0.1, 0.15) is 5.69 Å². The van der Waals surface area contributed by atoms with E-state index in [1.807, 2.05) is 25.3 Å². The zero-order valence-corrected chi connectivity index (χ0v) is 15.7. The maximum absolute atomic E-state index is 12.8. The van der Waals surface area contributed by atoms with Crippen molar-refractivity contribution in [3.63, 3.8) is 0 Å². The third-order valence-corrected chi connectivity index (χ3v) is 4.83. The molecule has 1 N–H and O–H groups in total. The molecule has 2 heterocycles. The molecule has 7 nitrogen and oxygen atoms in total. The van der Waals surface area contributed by atoms with E-state index in [-0.39, 0.29) is 17.9 Å². The number of aromatic nitrogens is 1. The van der Waals surface area contributed by atoms with Crippen LogP contribution in [0.5, 0.6) is 0 Å². The van der Waals surface area contributed by atoms with E-state index in [1.54, 1.807) is 34.7 Å². The van der Waals surface area contributed by atoms with Crippen molar-refractivity contribution in [3.8, 4) is 11.1 Å². The van der Waals surface area contributed by atoms with Crippen LogP contribution in [0.4, 0.5) is 0 Å². The first-order valence-corrected chi connectivity index (χ1v) is 8.83. The SMILES string of the molecule is COC(=O)c1cc(-c2ccc(C(=O)N3CCC(=O)NCC3C)cc2)cn1C.